The third kappa shape index (κ3) is 5.81. The molecule has 1 aromatic carbocycles. The Labute approximate surface area is 124 Å². The summed E-state index contributed by atoms with van der Waals surface area (Å²) < 4.78 is 0. The summed E-state index contributed by atoms with van der Waals surface area (Å²) in [4.78, 5) is 11.7. The number of aliphatic hydroxyl groups excluding tert-OH is 1. The van der Waals surface area contributed by atoms with Gasteiger partial charge in [-0.15, -0.1) is 0 Å². The van der Waals surface area contributed by atoms with Crippen LogP contribution in [0, 0.1) is 6.92 Å². The second-order valence-electron chi connectivity index (χ2n) is 4.57. The summed E-state index contributed by atoms with van der Waals surface area (Å²) in [7, 11) is 0. The van der Waals surface area contributed by atoms with E-state index in [1.165, 1.54) is 0 Å². The molecule has 0 saturated heterocycles. The maximum absolute atomic E-state index is 11.7. The van der Waals surface area contributed by atoms with Gasteiger partial charge in [-0.2, -0.15) is 11.8 Å². The molecule has 0 radical (unpaired) electrons. The zero-order valence-electron chi connectivity index (χ0n) is 11.9. The number of benzene rings is 1. The zero-order valence-corrected chi connectivity index (χ0v) is 12.7. The second kappa shape index (κ2) is 8.84. The molecule has 0 fully saturated rings. The van der Waals surface area contributed by atoms with E-state index in [9.17, 15) is 9.90 Å². The molecule has 0 aliphatic rings. The first-order valence-corrected chi connectivity index (χ1v) is 7.84. The Balaban J connectivity index is 2.35. The van der Waals surface area contributed by atoms with E-state index in [1.807, 2.05) is 31.2 Å². The van der Waals surface area contributed by atoms with Gasteiger partial charge in [-0.3, -0.25) is 15.6 Å². The second-order valence-corrected chi connectivity index (χ2v) is 5.97. The van der Waals surface area contributed by atoms with E-state index >= 15 is 0 Å². The lowest BCUT2D eigenvalue weighted by atomic mass is 10.1. The number of hydrogen-bond donors (Lipinski definition) is 4. The van der Waals surface area contributed by atoms with Gasteiger partial charge in [0.05, 0.1) is 5.69 Å². The van der Waals surface area contributed by atoms with E-state index < -0.39 is 18.1 Å². The molecule has 0 aromatic heterocycles. The number of rotatable bonds is 8. The number of aliphatic hydroxyl groups is 1. The highest BCUT2D eigenvalue weighted by Gasteiger charge is 2.22. The van der Waals surface area contributed by atoms with Crippen molar-refractivity contribution in [3.05, 3.63) is 29.8 Å². The summed E-state index contributed by atoms with van der Waals surface area (Å²) in [5.74, 6) is 1.33. The molecule has 1 rings (SSSR count). The van der Waals surface area contributed by atoms with E-state index in [0.717, 1.165) is 22.8 Å². The Morgan fingerprint density at radius 1 is 1.40 bits per heavy atom. The summed E-state index contributed by atoms with van der Waals surface area (Å²) >= 11 is 1.74. The fraction of sp³-hybridized carbons (Fsp3) is 0.500. The van der Waals surface area contributed by atoms with Crippen LogP contribution in [0.2, 0.25) is 0 Å². The van der Waals surface area contributed by atoms with Crippen LogP contribution >= 0.6 is 11.8 Å². The normalized spacial score (nSPS) is 13.6. The molecule has 5 N–H and O–H groups in total. The Morgan fingerprint density at radius 2 is 2.05 bits per heavy atom. The average Bonchev–Trinajstić information content (AvgIpc) is 2.45. The van der Waals surface area contributed by atoms with Crippen LogP contribution < -0.4 is 16.6 Å². The molecule has 0 aliphatic carbocycles. The molecule has 1 amide bonds. The molecule has 5 nitrogen and oxygen atoms in total. The Hall–Kier alpha value is -1.24. The van der Waals surface area contributed by atoms with Crippen molar-refractivity contribution in [2.45, 2.75) is 32.4 Å². The van der Waals surface area contributed by atoms with Crippen molar-refractivity contribution in [1.82, 2.24) is 5.43 Å². The molecular weight excluding hydrogens is 274 g/mol. The lowest BCUT2D eigenvalue weighted by Crippen LogP contribution is -2.48. The van der Waals surface area contributed by atoms with Gasteiger partial charge in [-0.25, -0.2) is 0 Å². The van der Waals surface area contributed by atoms with E-state index in [-0.39, 0.29) is 0 Å². The Bertz CT molecular complexity index is 411. The molecule has 0 spiro atoms. The molecule has 1 aromatic rings. The quantitative estimate of drug-likeness (QED) is 0.429. The van der Waals surface area contributed by atoms with Crippen LogP contribution in [0.1, 0.15) is 18.9 Å². The lowest BCUT2D eigenvalue weighted by molar-refractivity contribution is -0.129. The van der Waals surface area contributed by atoms with Gasteiger partial charge in [-0.05, 0) is 37.0 Å². The first-order chi connectivity index (χ1) is 9.54. The minimum absolute atomic E-state index is 0.514. The number of nitrogens with two attached hydrogens (primary N) is 1. The third-order valence-electron chi connectivity index (χ3n) is 2.86. The topological polar surface area (TPSA) is 87.4 Å². The van der Waals surface area contributed by atoms with Gasteiger partial charge in [0.1, 0.15) is 6.10 Å². The number of thioether (sulfide) groups is 1. The van der Waals surface area contributed by atoms with Crippen molar-refractivity contribution in [1.29, 1.82) is 0 Å². The van der Waals surface area contributed by atoms with Crippen LogP contribution in [0.4, 0.5) is 5.69 Å². The van der Waals surface area contributed by atoms with Crippen LogP contribution in [0.3, 0.4) is 0 Å². The van der Waals surface area contributed by atoms with Crippen molar-refractivity contribution >= 4 is 23.4 Å². The number of carbonyl (C=O) groups excluding carboxylic acids is 1. The van der Waals surface area contributed by atoms with E-state index in [2.05, 4.69) is 17.8 Å². The average molecular weight is 297 g/mol. The van der Waals surface area contributed by atoms with Crippen molar-refractivity contribution in [3.63, 3.8) is 0 Å². The highest BCUT2D eigenvalue weighted by Crippen LogP contribution is 2.08. The first-order valence-electron chi connectivity index (χ1n) is 6.68. The fourth-order valence-electron chi connectivity index (χ4n) is 1.56. The predicted octanol–water partition coefficient (Wildman–Crippen LogP) is 1.27. The van der Waals surface area contributed by atoms with E-state index in [4.69, 9.17) is 5.73 Å². The van der Waals surface area contributed by atoms with E-state index in [1.54, 1.807) is 11.8 Å². The molecule has 2 atom stereocenters. The van der Waals surface area contributed by atoms with Crippen LogP contribution in [0.25, 0.3) is 0 Å². The molecule has 6 heteroatoms. The van der Waals surface area contributed by atoms with Crippen LogP contribution in [0.5, 0.6) is 0 Å². The van der Waals surface area contributed by atoms with Crippen molar-refractivity contribution in [2.75, 3.05) is 16.9 Å². The maximum Gasteiger partial charge on any atom is 0.268 e. The largest absolute Gasteiger partial charge is 0.382 e. The smallest absolute Gasteiger partial charge is 0.268 e. The monoisotopic (exact) mass is 297 g/mol. The molecule has 0 heterocycles. The number of nitrogens with one attached hydrogen (secondary N) is 2. The summed E-state index contributed by atoms with van der Waals surface area (Å²) in [5.41, 5.74) is 12.9. The van der Waals surface area contributed by atoms with E-state index in [0.29, 0.717) is 6.42 Å². The predicted molar refractivity (Wildman–Crippen MR) is 84.5 cm³/mol. The summed E-state index contributed by atoms with van der Waals surface area (Å²) in [6.07, 6.45) is -0.595. The van der Waals surface area contributed by atoms with Crippen molar-refractivity contribution < 1.29 is 9.90 Å². The Morgan fingerprint density at radius 3 is 2.65 bits per heavy atom. The van der Waals surface area contributed by atoms with Crippen molar-refractivity contribution in [3.8, 4) is 0 Å². The van der Waals surface area contributed by atoms with Gasteiger partial charge in [0, 0.05) is 6.04 Å². The van der Waals surface area contributed by atoms with Gasteiger partial charge < -0.3 is 10.8 Å². The number of hydrogen-bond acceptors (Lipinski definition) is 5. The standard InChI is InChI=1S/C14H23N3O2S/c1-3-20-9-8-12(15)13(18)14(19)17-16-11-6-4-10(2)5-7-11/h4-7,12-13,16,18H,3,8-9,15H2,1-2H3,(H,17,19)/t12-,13+/m1/s1. The minimum Gasteiger partial charge on any atom is -0.382 e. The third-order valence-corrected chi connectivity index (χ3v) is 3.79. The molecule has 0 aliphatic heterocycles. The van der Waals surface area contributed by atoms with Gasteiger partial charge in [0.2, 0.25) is 0 Å². The molecule has 0 unspecified atom stereocenters. The SMILES string of the molecule is CCSCC[C@@H](N)[C@H](O)C(=O)NNc1ccc(C)cc1. The number of hydrazine groups is 1. The maximum atomic E-state index is 11.7. The molecule has 20 heavy (non-hydrogen) atoms. The fourth-order valence-corrected chi connectivity index (χ4v) is 2.29. The Kier molecular flexibility index (Phi) is 7.43. The zero-order chi connectivity index (χ0) is 15.0. The van der Waals surface area contributed by atoms with Gasteiger partial charge in [-0.1, -0.05) is 24.6 Å². The summed E-state index contributed by atoms with van der Waals surface area (Å²) in [6.45, 7) is 4.05. The number of amides is 1. The summed E-state index contributed by atoms with van der Waals surface area (Å²) in [5, 5.41) is 9.82. The van der Waals surface area contributed by atoms with Gasteiger partial charge >= 0.3 is 0 Å². The highest BCUT2D eigenvalue weighted by atomic mass is 32.2. The van der Waals surface area contributed by atoms with Gasteiger partial charge in [0.25, 0.3) is 5.91 Å². The minimum atomic E-state index is -1.20. The van der Waals surface area contributed by atoms with Crippen LogP contribution in [-0.4, -0.2) is 34.7 Å². The number of aryl methyl sites for hydroxylation is 1. The number of anilines is 1. The number of carbonyl (C=O) groups is 1. The molecule has 0 bridgehead atoms. The van der Waals surface area contributed by atoms with Crippen molar-refractivity contribution in [2.24, 2.45) is 5.73 Å². The first kappa shape index (κ1) is 16.8. The van der Waals surface area contributed by atoms with Gasteiger partial charge in [0.15, 0.2) is 0 Å². The summed E-state index contributed by atoms with van der Waals surface area (Å²) in [6, 6.07) is 7.01. The van der Waals surface area contributed by atoms with Crippen LogP contribution in [0.15, 0.2) is 24.3 Å². The lowest BCUT2D eigenvalue weighted by Gasteiger charge is -2.18. The molecular formula is C14H23N3O2S. The molecule has 112 valence electrons. The molecule has 0 saturated carbocycles. The van der Waals surface area contributed by atoms with Crippen LogP contribution in [-0.2, 0) is 4.79 Å². The highest BCUT2D eigenvalue weighted by molar-refractivity contribution is 7.99.